The van der Waals surface area contributed by atoms with Crippen molar-refractivity contribution in [1.82, 2.24) is 5.32 Å². The van der Waals surface area contributed by atoms with Crippen LogP contribution in [0.4, 0.5) is 0 Å². The first-order chi connectivity index (χ1) is 9.25. The van der Waals surface area contributed by atoms with Gasteiger partial charge in [-0.1, -0.05) is 37.3 Å². The van der Waals surface area contributed by atoms with Crippen LogP contribution in [0, 0.1) is 6.92 Å². The number of halogens is 1. The average Bonchev–Trinajstić information content (AvgIpc) is 2.65. The fourth-order valence-corrected chi connectivity index (χ4v) is 2.91. The summed E-state index contributed by atoms with van der Waals surface area (Å²) >= 11 is 5.93. The summed E-state index contributed by atoms with van der Waals surface area (Å²) in [5, 5.41) is 4.38. The van der Waals surface area contributed by atoms with Crippen LogP contribution in [0.1, 0.15) is 44.1 Å². The minimum absolute atomic E-state index is 0.692. The van der Waals surface area contributed by atoms with E-state index < -0.39 is 0 Å². The predicted molar refractivity (Wildman–Crippen MR) is 81.2 cm³/mol. The highest BCUT2D eigenvalue weighted by Gasteiger charge is 2.10. The van der Waals surface area contributed by atoms with Crippen molar-refractivity contribution in [3.63, 3.8) is 0 Å². The van der Waals surface area contributed by atoms with Gasteiger partial charge in [-0.3, -0.25) is 0 Å². The van der Waals surface area contributed by atoms with Crippen LogP contribution < -0.4 is 10.1 Å². The first-order valence-corrected chi connectivity index (χ1v) is 7.76. The number of benzene rings is 1. The molecule has 0 radical (unpaired) electrons. The highest BCUT2D eigenvalue weighted by Crippen LogP contribution is 2.21. The Morgan fingerprint density at radius 3 is 2.63 bits per heavy atom. The van der Waals surface area contributed by atoms with Crippen LogP contribution in [0.25, 0.3) is 0 Å². The van der Waals surface area contributed by atoms with E-state index in [1.165, 1.54) is 38.5 Å². The Morgan fingerprint density at radius 1 is 1.21 bits per heavy atom. The minimum Gasteiger partial charge on any atom is -0.492 e. The molecular weight excluding hydrogens is 258 g/mol. The van der Waals surface area contributed by atoms with Crippen LogP contribution in [0.3, 0.4) is 0 Å². The topological polar surface area (TPSA) is 21.3 Å². The number of rotatable bonds is 5. The van der Waals surface area contributed by atoms with Crippen LogP contribution in [-0.4, -0.2) is 19.2 Å². The van der Waals surface area contributed by atoms with Crippen molar-refractivity contribution in [1.29, 1.82) is 0 Å². The van der Waals surface area contributed by atoms with E-state index in [0.29, 0.717) is 6.04 Å². The number of ether oxygens (including phenoxy) is 1. The Labute approximate surface area is 121 Å². The zero-order chi connectivity index (χ0) is 13.5. The van der Waals surface area contributed by atoms with Gasteiger partial charge in [0.15, 0.2) is 0 Å². The summed E-state index contributed by atoms with van der Waals surface area (Å²) in [4.78, 5) is 0. The summed E-state index contributed by atoms with van der Waals surface area (Å²) in [5.74, 6) is 0.937. The molecule has 3 heteroatoms. The Bertz CT molecular complexity index is 386. The number of aryl methyl sites for hydroxylation is 1. The summed E-state index contributed by atoms with van der Waals surface area (Å²) in [6.07, 6.45) is 8.18. The molecule has 1 saturated carbocycles. The minimum atomic E-state index is 0.692. The van der Waals surface area contributed by atoms with E-state index in [0.717, 1.165) is 29.5 Å². The fourth-order valence-electron chi connectivity index (χ4n) is 2.68. The Morgan fingerprint density at radius 2 is 1.95 bits per heavy atom. The van der Waals surface area contributed by atoms with Crippen LogP contribution in [-0.2, 0) is 0 Å². The maximum absolute atomic E-state index is 5.93. The molecule has 2 nitrogen and oxygen atoms in total. The van der Waals surface area contributed by atoms with E-state index in [-0.39, 0.29) is 0 Å². The van der Waals surface area contributed by atoms with E-state index >= 15 is 0 Å². The molecule has 1 aliphatic carbocycles. The van der Waals surface area contributed by atoms with Crippen molar-refractivity contribution in [2.45, 2.75) is 51.5 Å². The van der Waals surface area contributed by atoms with Crippen molar-refractivity contribution in [2.75, 3.05) is 13.2 Å². The third-order valence-corrected chi connectivity index (χ3v) is 4.02. The van der Waals surface area contributed by atoms with Gasteiger partial charge in [-0.2, -0.15) is 0 Å². The molecule has 0 atom stereocenters. The number of nitrogens with one attached hydrogen (secondary N) is 1. The first kappa shape index (κ1) is 14.7. The molecule has 0 spiro atoms. The van der Waals surface area contributed by atoms with Crippen molar-refractivity contribution >= 4 is 11.6 Å². The maximum Gasteiger partial charge on any atom is 0.122 e. The van der Waals surface area contributed by atoms with Crippen LogP contribution in [0.5, 0.6) is 5.75 Å². The molecule has 1 N–H and O–H groups in total. The molecular formula is C16H24ClNO. The van der Waals surface area contributed by atoms with Crippen LogP contribution in [0.2, 0.25) is 5.02 Å². The van der Waals surface area contributed by atoms with Gasteiger partial charge in [0.1, 0.15) is 12.4 Å². The van der Waals surface area contributed by atoms with Gasteiger partial charge >= 0.3 is 0 Å². The van der Waals surface area contributed by atoms with Gasteiger partial charge in [-0.05, 0) is 43.5 Å². The molecule has 19 heavy (non-hydrogen) atoms. The number of hydrogen-bond donors (Lipinski definition) is 1. The lowest BCUT2D eigenvalue weighted by atomic mass is 10.1. The normalized spacial score (nSPS) is 17.2. The van der Waals surface area contributed by atoms with Crippen molar-refractivity contribution in [3.05, 3.63) is 28.8 Å². The largest absolute Gasteiger partial charge is 0.492 e. The second kappa shape index (κ2) is 7.76. The highest BCUT2D eigenvalue weighted by atomic mass is 35.5. The van der Waals surface area contributed by atoms with Gasteiger partial charge in [0.25, 0.3) is 0 Å². The lowest BCUT2D eigenvalue weighted by Crippen LogP contribution is -2.32. The van der Waals surface area contributed by atoms with E-state index in [1.54, 1.807) is 0 Å². The summed E-state index contributed by atoms with van der Waals surface area (Å²) in [6, 6.07) is 6.46. The molecule has 2 rings (SSSR count). The Kier molecular flexibility index (Phi) is 5.99. The molecule has 1 fully saturated rings. The molecule has 0 unspecified atom stereocenters. The molecule has 106 valence electrons. The highest BCUT2D eigenvalue weighted by molar-refractivity contribution is 6.30. The molecule has 1 aromatic rings. The van der Waals surface area contributed by atoms with Gasteiger partial charge in [-0.25, -0.2) is 0 Å². The summed E-state index contributed by atoms with van der Waals surface area (Å²) < 4.78 is 5.79. The van der Waals surface area contributed by atoms with E-state index in [9.17, 15) is 0 Å². The quantitative estimate of drug-likeness (QED) is 0.640. The zero-order valence-corrected chi connectivity index (χ0v) is 12.5. The van der Waals surface area contributed by atoms with Crippen LogP contribution >= 0.6 is 11.6 Å². The van der Waals surface area contributed by atoms with Crippen molar-refractivity contribution in [3.8, 4) is 5.75 Å². The summed E-state index contributed by atoms with van der Waals surface area (Å²) in [7, 11) is 0. The lowest BCUT2D eigenvalue weighted by molar-refractivity contribution is 0.298. The molecule has 1 aliphatic rings. The van der Waals surface area contributed by atoms with Gasteiger partial charge in [0.2, 0.25) is 0 Å². The third kappa shape index (κ3) is 5.04. The van der Waals surface area contributed by atoms with Gasteiger partial charge in [0.05, 0.1) is 0 Å². The molecule has 0 saturated heterocycles. The van der Waals surface area contributed by atoms with Crippen molar-refractivity contribution < 1.29 is 4.74 Å². The fraction of sp³-hybridized carbons (Fsp3) is 0.625. The maximum atomic E-state index is 5.93. The van der Waals surface area contributed by atoms with Gasteiger partial charge < -0.3 is 10.1 Å². The van der Waals surface area contributed by atoms with Gasteiger partial charge in [0, 0.05) is 17.6 Å². The molecule has 1 aromatic carbocycles. The van der Waals surface area contributed by atoms with E-state index in [2.05, 4.69) is 5.32 Å². The summed E-state index contributed by atoms with van der Waals surface area (Å²) in [6.45, 7) is 3.67. The zero-order valence-electron chi connectivity index (χ0n) is 11.8. The smallest absolute Gasteiger partial charge is 0.122 e. The molecule has 0 bridgehead atoms. The Hall–Kier alpha value is -0.730. The molecule has 0 aromatic heterocycles. The average molecular weight is 282 g/mol. The van der Waals surface area contributed by atoms with Crippen LogP contribution in [0.15, 0.2) is 18.2 Å². The first-order valence-electron chi connectivity index (χ1n) is 7.38. The Balaban J connectivity index is 1.68. The second-order valence-electron chi connectivity index (χ2n) is 5.40. The second-order valence-corrected chi connectivity index (χ2v) is 5.84. The molecule has 0 heterocycles. The predicted octanol–water partition coefficient (Wildman–Crippen LogP) is 4.34. The third-order valence-electron chi connectivity index (χ3n) is 3.78. The van der Waals surface area contributed by atoms with Crippen molar-refractivity contribution in [2.24, 2.45) is 0 Å². The van der Waals surface area contributed by atoms with E-state index in [1.807, 2.05) is 25.1 Å². The number of hydrogen-bond acceptors (Lipinski definition) is 2. The molecule has 0 aliphatic heterocycles. The monoisotopic (exact) mass is 281 g/mol. The molecule has 0 amide bonds. The lowest BCUT2D eigenvalue weighted by Gasteiger charge is -2.16. The van der Waals surface area contributed by atoms with Gasteiger partial charge in [-0.15, -0.1) is 0 Å². The van der Waals surface area contributed by atoms with E-state index in [4.69, 9.17) is 16.3 Å². The summed E-state index contributed by atoms with van der Waals surface area (Å²) in [5.41, 5.74) is 1.10. The standard InChI is InChI=1S/C16H24ClNO/c1-13-12-14(17)8-9-16(13)19-11-10-18-15-6-4-2-3-5-7-15/h8-9,12,15,18H,2-7,10-11H2,1H3. The SMILES string of the molecule is Cc1cc(Cl)ccc1OCCNC1CCCCCC1.